The van der Waals surface area contributed by atoms with Crippen molar-refractivity contribution in [1.82, 2.24) is 0 Å². The summed E-state index contributed by atoms with van der Waals surface area (Å²) in [7, 11) is -19.2. The minimum atomic E-state index is -4.80. The Bertz CT molecular complexity index is 1390. The van der Waals surface area contributed by atoms with Crippen LogP contribution in [0.3, 0.4) is 0 Å². The summed E-state index contributed by atoms with van der Waals surface area (Å²) in [6.07, 6.45) is 0. The first-order chi connectivity index (χ1) is 17.5. The molecule has 214 valence electrons. The standard InChI is InChI=1S/C20H24Br2O12S4/c1-5-31-35(23,24)15-9-13(21)10-16(36(25,26)32-6-2)19(15)20-17(37(27,28)33-7-3)11-14(22)12-18(20)38(29,30)34-8-4/h9-12H,5-8H2,1-4H3. The Labute approximate surface area is 239 Å². The smallest absolute Gasteiger partial charge is 0.267 e. The van der Waals surface area contributed by atoms with Gasteiger partial charge in [0.15, 0.2) is 0 Å². The van der Waals surface area contributed by atoms with Crippen molar-refractivity contribution in [2.24, 2.45) is 0 Å². The van der Waals surface area contributed by atoms with Crippen LogP contribution in [0.4, 0.5) is 0 Å². The van der Waals surface area contributed by atoms with Gasteiger partial charge in [0.1, 0.15) is 19.6 Å². The topological polar surface area (TPSA) is 173 Å². The van der Waals surface area contributed by atoms with Crippen LogP contribution in [-0.4, -0.2) is 60.1 Å². The summed E-state index contributed by atoms with van der Waals surface area (Å²) in [5.74, 6) is 0. The highest BCUT2D eigenvalue weighted by molar-refractivity contribution is 9.10. The molecule has 0 unspecified atom stereocenters. The molecule has 0 atom stereocenters. The normalized spacial score (nSPS) is 13.1. The molecule has 0 saturated carbocycles. The lowest BCUT2D eigenvalue weighted by Gasteiger charge is -2.21. The van der Waals surface area contributed by atoms with E-state index in [2.05, 4.69) is 31.9 Å². The highest BCUT2D eigenvalue weighted by atomic mass is 79.9. The van der Waals surface area contributed by atoms with Crippen molar-refractivity contribution in [3.63, 3.8) is 0 Å². The lowest BCUT2D eigenvalue weighted by molar-refractivity contribution is 0.333. The molecule has 0 spiro atoms. The highest BCUT2D eigenvalue weighted by Crippen LogP contribution is 2.45. The first-order valence-electron chi connectivity index (χ1n) is 10.7. The van der Waals surface area contributed by atoms with Gasteiger partial charge in [-0.25, -0.2) is 0 Å². The second-order valence-electron chi connectivity index (χ2n) is 7.00. The van der Waals surface area contributed by atoms with Crippen molar-refractivity contribution in [2.45, 2.75) is 47.3 Å². The molecule has 38 heavy (non-hydrogen) atoms. The zero-order chi connectivity index (χ0) is 29.1. The predicted octanol–water partition coefficient (Wildman–Crippen LogP) is 3.78. The molecule has 18 heteroatoms. The van der Waals surface area contributed by atoms with Crippen LogP contribution in [0.5, 0.6) is 0 Å². The number of benzene rings is 2. The van der Waals surface area contributed by atoms with Crippen LogP contribution in [0.15, 0.2) is 52.8 Å². The minimum Gasteiger partial charge on any atom is -0.267 e. The van der Waals surface area contributed by atoms with Gasteiger partial charge in [0.2, 0.25) is 0 Å². The Hall–Kier alpha value is -0.960. The van der Waals surface area contributed by atoms with E-state index in [0.717, 1.165) is 24.3 Å². The molecule has 0 aliphatic rings. The molecule has 0 saturated heterocycles. The molecule has 0 aromatic heterocycles. The molecule has 12 nitrogen and oxygen atoms in total. The molecule has 2 rings (SSSR count). The monoisotopic (exact) mass is 742 g/mol. The van der Waals surface area contributed by atoms with Crippen LogP contribution in [-0.2, 0) is 57.2 Å². The second kappa shape index (κ2) is 12.7. The van der Waals surface area contributed by atoms with Gasteiger partial charge < -0.3 is 0 Å². The van der Waals surface area contributed by atoms with E-state index >= 15 is 0 Å². The largest absolute Gasteiger partial charge is 0.297 e. The molecule has 0 bridgehead atoms. The van der Waals surface area contributed by atoms with Gasteiger partial charge in [0, 0.05) is 20.1 Å². The molecule has 0 aliphatic carbocycles. The Kier molecular flexibility index (Phi) is 11.1. The molecule has 0 aliphatic heterocycles. The van der Waals surface area contributed by atoms with Crippen molar-refractivity contribution >= 4 is 72.3 Å². The van der Waals surface area contributed by atoms with Gasteiger partial charge in [-0.15, -0.1) is 0 Å². The molecular weight excluding hydrogens is 720 g/mol. The van der Waals surface area contributed by atoms with E-state index in [0.29, 0.717) is 0 Å². The van der Waals surface area contributed by atoms with Crippen LogP contribution < -0.4 is 0 Å². The lowest BCUT2D eigenvalue weighted by Crippen LogP contribution is -2.18. The molecule has 0 heterocycles. The Morgan fingerprint density at radius 3 is 0.816 bits per heavy atom. The van der Waals surface area contributed by atoms with Crippen molar-refractivity contribution in [2.75, 3.05) is 26.4 Å². The highest BCUT2D eigenvalue weighted by Gasteiger charge is 2.37. The number of hydrogen-bond acceptors (Lipinski definition) is 12. The first kappa shape index (κ1) is 33.2. The second-order valence-corrected chi connectivity index (χ2v) is 15.2. The van der Waals surface area contributed by atoms with E-state index in [1.165, 1.54) is 27.7 Å². The quantitative estimate of drug-likeness (QED) is 0.272. The summed E-state index contributed by atoms with van der Waals surface area (Å²) in [5.41, 5.74) is -1.67. The summed E-state index contributed by atoms with van der Waals surface area (Å²) >= 11 is 6.10. The summed E-state index contributed by atoms with van der Waals surface area (Å²) in [5, 5.41) is 0. The van der Waals surface area contributed by atoms with Crippen LogP contribution >= 0.6 is 31.9 Å². The summed E-state index contributed by atoms with van der Waals surface area (Å²) in [6, 6.07) is 3.78. The lowest BCUT2D eigenvalue weighted by atomic mass is 10.1. The maximum atomic E-state index is 13.2. The summed E-state index contributed by atoms with van der Waals surface area (Å²) < 4.78 is 125. The van der Waals surface area contributed by atoms with Crippen LogP contribution in [0, 0.1) is 0 Å². The zero-order valence-corrected chi connectivity index (χ0v) is 26.9. The number of hydrogen-bond donors (Lipinski definition) is 0. The van der Waals surface area contributed by atoms with Crippen molar-refractivity contribution in [1.29, 1.82) is 0 Å². The number of halogens is 2. The third-order valence-electron chi connectivity index (χ3n) is 4.48. The van der Waals surface area contributed by atoms with Gasteiger partial charge in [-0.05, 0) is 52.0 Å². The zero-order valence-electron chi connectivity index (χ0n) is 20.4. The van der Waals surface area contributed by atoms with Gasteiger partial charge in [0.05, 0.1) is 26.4 Å². The van der Waals surface area contributed by atoms with Gasteiger partial charge in [0.25, 0.3) is 40.5 Å². The van der Waals surface area contributed by atoms with Crippen molar-refractivity contribution < 1.29 is 50.4 Å². The molecule has 2 aromatic rings. The maximum absolute atomic E-state index is 13.2. The molecular formula is C20H24Br2O12S4. The van der Waals surface area contributed by atoms with Crippen molar-refractivity contribution in [3.8, 4) is 11.1 Å². The minimum absolute atomic E-state index is 0.0710. The fourth-order valence-corrected chi connectivity index (χ4v) is 9.61. The van der Waals surface area contributed by atoms with Crippen molar-refractivity contribution in [3.05, 3.63) is 33.2 Å². The van der Waals surface area contributed by atoms with E-state index in [1.54, 1.807) is 0 Å². The van der Waals surface area contributed by atoms with Gasteiger partial charge in [-0.2, -0.15) is 33.7 Å². The van der Waals surface area contributed by atoms with E-state index in [4.69, 9.17) is 16.7 Å². The van der Waals surface area contributed by atoms with Crippen LogP contribution in [0.2, 0.25) is 0 Å². The van der Waals surface area contributed by atoms with E-state index in [-0.39, 0.29) is 35.4 Å². The maximum Gasteiger partial charge on any atom is 0.297 e. The third-order valence-corrected chi connectivity index (χ3v) is 11.0. The van der Waals surface area contributed by atoms with E-state index in [9.17, 15) is 33.7 Å². The third kappa shape index (κ3) is 7.21. The summed E-state index contributed by atoms with van der Waals surface area (Å²) in [6.45, 7) is 3.88. The SMILES string of the molecule is CCOS(=O)(=O)c1cc(Br)cc(S(=O)(=O)OCC)c1-c1c(S(=O)(=O)OCC)cc(Br)cc1S(=O)(=O)OCC. The Balaban J connectivity index is 3.44. The predicted molar refractivity (Wildman–Crippen MR) is 143 cm³/mol. The number of rotatable bonds is 13. The molecule has 0 radical (unpaired) electrons. The molecule has 0 amide bonds. The first-order valence-corrected chi connectivity index (χ1v) is 18.0. The average molecular weight is 744 g/mol. The van der Waals surface area contributed by atoms with Crippen LogP contribution in [0.1, 0.15) is 27.7 Å². The van der Waals surface area contributed by atoms with Crippen LogP contribution in [0.25, 0.3) is 11.1 Å². The van der Waals surface area contributed by atoms with Gasteiger partial charge >= 0.3 is 0 Å². The van der Waals surface area contributed by atoms with E-state index < -0.39 is 71.2 Å². The fraction of sp³-hybridized carbons (Fsp3) is 0.400. The fourth-order valence-electron chi connectivity index (χ4n) is 3.27. The average Bonchev–Trinajstić information content (AvgIpc) is 2.78. The molecule has 0 fully saturated rings. The van der Waals surface area contributed by atoms with Gasteiger partial charge in [-0.3, -0.25) is 16.7 Å². The summed E-state index contributed by atoms with van der Waals surface area (Å²) in [4.78, 5) is -3.41. The molecule has 2 aromatic carbocycles. The Morgan fingerprint density at radius 1 is 0.474 bits per heavy atom. The van der Waals surface area contributed by atoms with E-state index in [1.807, 2.05) is 0 Å². The molecule has 0 N–H and O–H groups in total. The van der Waals surface area contributed by atoms with Gasteiger partial charge in [-0.1, -0.05) is 31.9 Å². The Morgan fingerprint density at radius 2 is 0.658 bits per heavy atom.